The van der Waals surface area contributed by atoms with E-state index in [4.69, 9.17) is 4.74 Å². The van der Waals surface area contributed by atoms with Crippen molar-refractivity contribution in [2.24, 2.45) is 0 Å². The van der Waals surface area contributed by atoms with Crippen LogP contribution < -0.4 is 0 Å². The predicted octanol–water partition coefficient (Wildman–Crippen LogP) is 3.85. The second kappa shape index (κ2) is 6.39. The Balaban J connectivity index is 3.25. The third-order valence-electron chi connectivity index (χ3n) is 1.90. The molecule has 0 fully saturated rings. The number of carbonyl (C=O) groups excluding carboxylic acids is 1. The zero-order valence-electron chi connectivity index (χ0n) is 8.84. The van der Waals surface area contributed by atoms with Crippen LogP contribution in [-0.4, -0.2) is 17.6 Å². The highest BCUT2D eigenvalue weighted by molar-refractivity contribution is 9.10. The predicted molar refractivity (Wildman–Crippen MR) is 65.5 cm³/mol. The standard InChI is InChI=1S/C10H9Br2F2NO2/c1-2-17-10(16)6-3-5(9(13)14)8(12)7(4-11)15-6/h3,9H,2,4H2,1H3. The summed E-state index contributed by atoms with van der Waals surface area (Å²) in [6.45, 7) is 1.81. The third-order valence-corrected chi connectivity index (χ3v) is 3.35. The van der Waals surface area contributed by atoms with E-state index in [9.17, 15) is 13.6 Å². The fraction of sp³-hybridized carbons (Fsp3) is 0.400. The monoisotopic (exact) mass is 371 g/mol. The van der Waals surface area contributed by atoms with Crippen LogP contribution in [0.25, 0.3) is 0 Å². The maximum atomic E-state index is 12.7. The maximum Gasteiger partial charge on any atom is 0.356 e. The summed E-state index contributed by atoms with van der Waals surface area (Å²) in [5.41, 5.74) is -0.0387. The Hall–Kier alpha value is -0.560. The van der Waals surface area contributed by atoms with Gasteiger partial charge in [-0.3, -0.25) is 0 Å². The molecule has 1 aromatic heterocycles. The van der Waals surface area contributed by atoms with Gasteiger partial charge in [-0.05, 0) is 28.9 Å². The second-order valence-corrected chi connectivity index (χ2v) is 4.37. The van der Waals surface area contributed by atoms with E-state index in [1.807, 2.05) is 0 Å². The lowest BCUT2D eigenvalue weighted by Crippen LogP contribution is -2.10. The number of alkyl halides is 3. The molecule has 0 amide bonds. The number of pyridine rings is 1. The van der Waals surface area contributed by atoms with Crippen LogP contribution in [0.15, 0.2) is 10.5 Å². The second-order valence-electron chi connectivity index (χ2n) is 3.01. The average molecular weight is 373 g/mol. The molecule has 0 radical (unpaired) electrons. The summed E-state index contributed by atoms with van der Waals surface area (Å²) in [7, 11) is 0. The van der Waals surface area contributed by atoms with Gasteiger partial charge in [0, 0.05) is 15.4 Å². The molecule has 0 aliphatic heterocycles. The van der Waals surface area contributed by atoms with E-state index in [2.05, 4.69) is 36.8 Å². The van der Waals surface area contributed by atoms with E-state index in [-0.39, 0.29) is 27.7 Å². The normalized spacial score (nSPS) is 10.7. The number of carbonyl (C=O) groups is 1. The minimum Gasteiger partial charge on any atom is -0.461 e. The van der Waals surface area contributed by atoms with Crippen LogP contribution in [-0.2, 0) is 10.1 Å². The zero-order valence-corrected chi connectivity index (χ0v) is 12.0. The summed E-state index contributed by atoms with van der Waals surface area (Å²) in [6.07, 6.45) is -2.68. The molecule has 0 unspecified atom stereocenters. The topological polar surface area (TPSA) is 39.2 Å². The zero-order chi connectivity index (χ0) is 13.0. The van der Waals surface area contributed by atoms with Crippen LogP contribution in [0, 0.1) is 0 Å². The van der Waals surface area contributed by atoms with Crippen molar-refractivity contribution in [3.8, 4) is 0 Å². The highest BCUT2D eigenvalue weighted by Gasteiger charge is 2.20. The Morgan fingerprint density at radius 3 is 2.71 bits per heavy atom. The fourth-order valence-corrected chi connectivity index (χ4v) is 2.46. The van der Waals surface area contributed by atoms with Crippen LogP contribution in [0.4, 0.5) is 8.78 Å². The summed E-state index contributed by atoms with van der Waals surface area (Å²) in [5.74, 6) is -0.705. The van der Waals surface area contributed by atoms with E-state index in [0.29, 0.717) is 5.69 Å². The van der Waals surface area contributed by atoms with Crippen LogP contribution in [0.1, 0.15) is 35.1 Å². The fourth-order valence-electron chi connectivity index (χ4n) is 1.16. The Labute approximate surface area is 114 Å². The summed E-state index contributed by atoms with van der Waals surface area (Å²) < 4.78 is 30.4. The Morgan fingerprint density at radius 1 is 1.59 bits per heavy atom. The first-order valence-corrected chi connectivity index (χ1v) is 6.63. The number of aromatic nitrogens is 1. The van der Waals surface area contributed by atoms with Crippen LogP contribution >= 0.6 is 31.9 Å². The molecule has 1 aromatic rings. The molecule has 0 saturated heterocycles. The average Bonchev–Trinajstić information content (AvgIpc) is 2.29. The van der Waals surface area contributed by atoms with E-state index >= 15 is 0 Å². The summed E-state index contributed by atoms with van der Waals surface area (Å²) in [6, 6.07) is 1.04. The van der Waals surface area contributed by atoms with Gasteiger partial charge in [0.15, 0.2) is 0 Å². The molecular weight excluding hydrogens is 364 g/mol. The van der Waals surface area contributed by atoms with Crippen molar-refractivity contribution in [1.29, 1.82) is 0 Å². The van der Waals surface area contributed by atoms with Crippen molar-refractivity contribution in [2.45, 2.75) is 18.7 Å². The molecule has 17 heavy (non-hydrogen) atoms. The summed E-state index contributed by atoms with van der Waals surface area (Å²) in [5, 5.41) is 0.264. The molecule has 0 aliphatic carbocycles. The number of hydrogen-bond acceptors (Lipinski definition) is 3. The lowest BCUT2D eigenvalue weighted by atomic mass is 10.2. The number of rotatable bonds is 4. The largest absolute Gasteiger partial charge is 0.461 e. The highest BCUT2D eigenvalue weighted by Crippen LogP contribution is 2.31. The molecule has 0 bridgehead atoms. The van der Waals surface area contributed by atoms with Gasteiger partial charge in [-0.1, -0.05) is 15.9 Å². The van der Waals surface area contributed by atoms with Gasteiger partial charge in [-0.15, -0.1) is 0 Å². The minimum absolute atomic E-state index is 0.111. The smallest absolute Gasteiger partial charge is 0.356 e. The first-order valence-electron chi connectivity index (χ1n) is 4.71. The molecular formula is C10H9Br2F2NO2. The Morgan fingerprint density at radius 2 is 2.24 bits per heavy atom. The Kier molecular flexibility index (Phi) is 5.45. The lowest BCUT2D eigenvalue weighted by Gasteiger charge is -2.09. The van der Waals surface area contributed by atoms with Gasteiger partial charge in [0.25, 0.3) is 6.43 Å². The van der Waals surface area contributed by atoms with Gasteiger partial charge in [-0.25, -0.2) is 18.6 Å². The molecule has 0 saturated carbocycles. The van der Waals surface area contributed by atoms with Crippen molar-refractivity contribution < 1.29 is 18.3 Å². The molecule has 1 heterocycles. The van der Waals surface area contributed by atoms with Gasteiger partial charge in [0.05, 0.1) is 12.3 Å². The molecule has 1 rings (SSSR count). The lowest BCUT2D eigenvalue weighted by molar-refractivity contribution is 0.0518. The number of halogens is 4. The van der Waals surface area contributed by atoms with Gasteiger partial charge in [-0.2, -0.15) is 0 Å². The van der Waals surface area contributed by atoms with Crippen LogP contribution in [0.2, 0.25) is 0 Å². The minimum atomic E-state index is -2.68. The van der Waals surface area contributed by atoms with E-state index < -0.39 is 12.4 Å². The Bertz CT molecular complexity index is 427. The first kappa shape index (κ1) is 14.5. The van der Waals surface area contributed by atoms with E-state index in [1.54, 1.807) is 6.92 Å². The highest BCUT2D eigenvalue weighted by atomic mass is 79.9. The molecule has 0 N–H and O–H groups in total. The number of hydrogen-bond donors (Lipinski definition) is 0. The molecule has 94 valence electrons. The molecule has 0 spiro atoms. The molecule has 0 aliphatic rings. The molecule has 0 atom stereocenters. The van der Waals surface area contributed by atoms with Crippen LogP contribution in [0.3, 0.4) is 0 Å². The van der Waals surface area contributed by atoms with Gasteiger partial charge >= 0.3 is 5.97 Å². The third kappa shape index (κ3) is 3.45. The van der Waals surface area contributed by atoms with Crippen molar-refractivity contribution in [3.05, 3.63) is 27.5 Å². The number of nitrogens with zero attached hydrogens (tertiary/aromatic N) is 1. The molecule has 7 heteroatoms. The van der Waals surface area contributed by atoms with E-state index in [1.165, 1.54) is 0 Å². The van der Waals surface area contributed by atoms with Crippen molar-refractivity contribution in [3.63, 3.8) is 0 Å². The van der Waals surface area contributed by atoms with Crippen molar-refractivity contribution in [2.75, 3.05) is 6.61 Å². The van der Waals surface area contributed by atoms with Gasteiger partial charge in [0.2, 0.25) is 0 Å². The van der Waals surface area contributed by atoms with Gasteiger partial charge in [0.1, 0.15) is 5.69 Å². The molecule has 0 aromatic carbocycles. The van der Waals surface area contributed by atoms with E-state index in [0.717, 1.165) is 6.07 Å². The summed E-state index contributed by atoms with van der Waals surface area (Å²) in [4.78, 5) is 15.4. The number of ether oxygens (including phenoxy) is 1. The summed E-state index contributed by atoms with van der Waals surface area (Å²) >= 11 is 6.16. The molecule has 3 nitrogen and oxygen atoms in total. The SMILES string of the molecule is CCOC(=O)c1cc(C(F)F)c(Br)c(CBr)n1. The van der Waals surface area contributed by atoms with Gasteiger partial charge < -0.3 is 4.74 Å². The first-order chi connectivity index (χ1) is 8.01. The maximum absolute atomic E-state index is 12.7. The van der Waals surface area contributed by atoms with Crippen molar-refractivity contribution in [1.82, 2.24) is 4.98 Å². The quantitative estimate of drug-likeness (QED) is 0.595. The number of esters is 1. The van der Waals surface area contributed by atoms with Crippen LogP contribution in [0.5, 0.6) is 0 Å². The van der Waals surface area contributed by atoms with Crippen molar-refractivity contribution >= 4 is 37.8 Å².